The van der Waals surface area contributed by atoms with E-state index in [4.69, 9.17) is 11.6 Å². The van der Waals surface area contributed by atoms with Crippen molar-refractivity contribution in [2.75, 3.05) is 5.32 Å². The van der Waals surface area contributed by atoms with Crippen LogP contribution in [0.25, 0.3) is 11.0 Å². The van der Waals surface area contributed by atoms with Crippen molar-refractivity contribution in [1.82, 2.24) is 15.0 Å². The van der Waals surface area contributed by atoms with Gasteiger partial charge in [0.05, 0.1) is 16.1 Å². The summed E-state index contributed by atoms with van der Waals surface area (Å²) in [5.74, 6) is -0.00300. The fourth-order valence-electron chi connectivity index (χ4n) is 1.83. The number of carbonyl (C=O) groups excluding carboxylic acids is 1. The molecule has 3 rings (SSSR count). The number of para-hydroxylation sites is 1. The van der Waals surface area contributed by atoms with Crippen molar-refractivity contribution in [2.24, 2.45) is 0 Å². The predicted molar refractivity (Wildman–Crippen MR) is 76.7 cm³/mol. The van der Waals surface area contributed by atoms with Crippen molar-refractivity contribution in [3.05, 3.63) is 59.5 Å². The SMILES string of the molecule is O=C(Nc1ncccc1Cl)c1cccc2nccnc12. The number of pyridine rings is 1. The number of hydrogen-bond donors (Lipinski definition) is 1. The second-order valence-corrected chi connectivity index (χ2v) is 4.42. The maximum absolute atomic E-state index is 12.3. The molecule has 0 radical (unpaired) electrons. The topological polar surface area (TPSA) is 67.8 Å². The molecule has 5 nitrogen and oxygen atoms in total. The van der Waals surface area contributed by atoms with Crippen molar-refractivity contribution >= 4 is 34.4 Å². The molecule has 0 fully saturated rings. The van der Waals surface area contributed by atoms with E-state index < -0.39 is 0 Å². The van der Waals surface area contributed by atoms with Gasteiger partial charge in [0.25, 0.3) is 5.91 Å². The molecule has 0 bridgehead atoms. The number of nitrogens with zero attached hydrogens (tertiary/aromatic N) is 3. The molecule has 0 saturated carbocycles. The van der Waals surface area contributed by atoms with Gasteiger partial charge in [-0.2, -0.15) is 0 Å². The molecule has 1 amide bonds. The van der Waals surface area contributed by atoms with Crippen molar-refractivity contribution in [3.8, 4) is 0 Å². The highest BCUT2D eigenvalue weighted by molar-refractivity contribution is 6.33. The number of amides is 1. The van der Waals surface area contributed by atoms with Gasteiger partial charge < -0.3 is 5.32 Å². The zero-order valence-electron chi connectivity index (χ0n) is 10.2. The monoisotopic (exact) mass is 284 g/mol. The molecule has 0 saturated heterocycles. The maximum atomic E-state index is 12.3. The third-order valence-corrected chi connectivity index (χ3v) is 3.04. The molecule has 1 aromatic carbocycles. The molecule has 2 aromatic heterocycles. The molecule has 3 aromatic rings. The number of aromatic nitrogens is 3. The lowest BCUT2D eigenvalue weighted by Gasteiger charge is -2.07. The average molecular weight is 285 g/mol. The molecule has 0 unspecified atom stereocenters. The van der Waals surface area contributed by atoms with Crippen LogP contribution in [0, 0.1) is 0 Å². The predicted octanol–water partition coefficient (Wildman–Crippen LogP) is 2.93. The molecular weight excluding hydrogens is 276 g/mol. The smallest absolute Gasteiger partial charge is 0.259 e. The minimum atomic E-state index is -0.322. The van der Waals surface area contributed by atoms with Crippen LogP contribution in [0.5, 0.6) is 0 Å². The number of rotatable bonds is 2. The zero-order valence-corrected chi connectivity index (χ0v) is 11.0. The molecule has 2 heterocycles. The zero-order chi connectivity index (χ0) is 13.9. The number of halogens is 1. The molecule has 0 aliphatic carbocycles. The fourth-order valence-corrected chi connectivity index (χ4v) is 2.00. The van der Waals surface area contributed by atoms with Gasteiger partial charge in [-0.25, -0.2) is 4.98 Å². The number of nitrogens with one attached hydrogen (secondary N) is 1. The quantitative estimate of drug-likeness (QED) is 0.785. The van der Waals surface area contributed by atoms with Gasteiger partial charge >= 0.3 is 0 Å². The molecule has 0 atom stereocenters. The Morgan fingerprint density at radius 3 is 2.70 bits per heavy atom. The second kappa shape index (κ2) is 5.22. The van der Waals surface area contributed by atoms with Crippen molar-refractivity contribution in [3.63, 3.8) is 0 Å². The lowest BCUT2D eigenvalue weighted by atomic mass is 10.1. The molecule has 20 heavy (non-hydrogen) atoms. The van der Waals surface area contributed by atoms with Gasteiger partial charge in [-0.05, 0) is 24.3 Å². The minimum absolute atomic E-state index is 0.320. The third kappa shape index (κ3) is 2.31. The number of benzene rings is 1. The summed E-state index contributed by atoms with van der Waals surface area (Å²) >= 11 is 5.97. The van der Waals surface area contributed by atoms with E-state index in [1.165, 1.54) is 0 Å². The summed E-state index contributed by atoms with van der Waals surface area (Å²) in [4.78, 5) is 24.7. The summed E-state index contributed by atoms with van der Waals surface area (Å²) in [6.07, 6.45) is 4.69. The van der Waals surface area contributed by atoms with Crippen molar-refractivity contribution in [2.45, 2.75) is 0 Å². The normalized spacial score (nSPS) is 10.4. The summed E-state index contributed by atoms with van der Waals surface area (Å²) < 4.78 is 0. The van der Waals surface area contributed by atoms with Crippen LogP contribution >= 0.6 is 11.6 Å². The van der Waals surface area contributed by atoms with E-state index in [-0.39, 0.29) is 5.91 Å². The van der Waals surface area contributed by atoms with Gasteiger partial charge in [0, 0.05) is 18.6 Å². The van der Waals surface area contributed by atoms with E-state index in [1.807, 2.05) is 0 Å². The Morgan fingerprint density at radius 2 is 1.85 bits per heavy atom. The van der Waals surface area contributed by atoms with Gasteiger partial charge in [-0.3, -0.25) is 14.8 Å². The Bertz CT molecular complexity index is 785. The maximum Gasteiger partial charge on any atom is 0.259 e. The Kier molecular flexibility index (Phi) is 3.26. The summed E-state index contributed by atoms with van der Waals surface area (Å²) in [5, 5.41) is 3.05. The number of carbonyl (C=O) groups is 1. The van der Waals surface area contributed by atoms with Crippen LogP contribution < -0.4 is 5.32 Å². The summed E-state index contributed by atoms with van der Waals surface area (Å²) in [7, 11) is 0. The van der Waals surface area contributed by atoms with Crippen LogP contribution in [-0.4, -0.2) is 20.9 Å². The van der Waals surface area contributed by atoms with E-state index in [1.54, 1.807) is 48.9 Å². The van der Waals surface area contributed by atoms with Crippen LogP contribution in [0.2, 0.25) is 5.02 Å². The Morgan fingerprint density at radius 1 is 1.00 bits per heavy atom. The lowest BCUT2D eigenvalue weighted by molar-refractivity contribution is 0.102. The highest BCUT2D eigenvalue weighted by Crippen LogP contribution is 2.20. The highest BCUT2D eigenvalue weighted by Gasteiger charge is 2.13. The second-order valence-electron chi connectivity index (χ2n) is 4.02. The molecule has 1 N–H and O–H groups in total. The molecule has 6 heteroatoms. The molecule has 0 aliphatic rings. The van der Waals surface area contributed by atoms with Gasteiger partial charge in [-0.1, -0.05) is 17.7 Å². The first-order valence-electron chi connectivity index (χ1n) is 5.87. The number of hydrogen-bond acceptors (Lipinski definition) is 4. The third-order valence-electron chi connectivity index (χ3n) is 2.73. The van der Waals surface area contributed by atoms with Gasteiger partial charge in [0.1, 0.15) is 5.52 Å². The standard InChI is InChI=1S/C14H9ClN4O/c15-10-4-2-6-18-13(10)19-14(20)9-3-1-5-11-12(9)17-8-7-16-11/h1-8H,(H,18,19,20). The number of fused-ring (bicyclic) bond motifs is 1. The number of anilines is 1. The first-order valence-corrected chi connectivity index (χ1v) is 6.25. The molecule has 98 valence electrons. The Balaban J connectivity index is 1.99. The minimum Gasteiger partial charge on any atom is -0.305 e. The van der Waals surface area contributed by atoms with Gasteiger partial charge in [-0.15, -0.1) is 0 Å². The summed E-state index contributed by atoms with van der Waals surface area (Å²) in [5.41, 5.74) is 1.63. The van der Waals surface area contributed by atoms with E-state index >= 15 is 0 Å². The van der Waals surface area contributed by atoms with Gasteiger partial charge in [0.2, 0.25) is 0 Å². The molecule has 0 aliphatic heterocycles. The van der Waals surface area contributed by atoms with Crippen molar-refractivity contribution < 1.29 is 4.79 Å². The van der Waals surface area contributed by atoms with Crippen LogP contribution in [0.3, 0.4) is 0 Å². The van der Waals surface area contributed by atoms with Crippen molar-refractivity contribution in [1.29, 1.82) is 0 Å². The lowest BCUT2D eigenvalue weighted by Crippen LogP contribution is -2.14. The van der Waals surface area contributed by atoms with E-state index in [0.717, 1.165) is 0 Å². The average Bonchev–Trinajstić information content (AvgIpc) is 2.49. The first kappa shape index (κ1) is 12.5. The fraction of sp³-hybridized carbons (Fsp3) is 0. The van der Waals surface area contributed by atoms with Crippen LogP contribution in [0.4, 0.5) is 5.82 Å². The van der Waals surface area contributed by atoms with Crippen LogP contribution in [0.1, 0.15) is 10.4 Å². The van der Waals surface area contributed by atoms with Crippen LogP contribution in [-0.2, 0) is 0 Å². The highest BCUT2D eigenvalue weighted by atomic mass is 35.5. The van der Waals surface area contributed by atoms with E-state index in [2.05, 4.69) is 20.3 Å². The Hall–Kier alpha value is -2.53. The molecule has 0 spiro atoms. The largest absolute Gasteiger partial charge is 0.305 e. The summed E-state index contributed by atoms with van der Waals surface area (Å²) in [6, 6.07) is 8.59. The van der Waals surface area contributed by atoms with E-state index in [0.29, 0.717) is 27.4 Å². The summed E-state index contributed by atoms with van der Waals surface area (Å²) in [6.45, 7) is 0. The first-order chi connectivity index (χ1) is 9.75. The van der Waals surface area contributed by atoms with Crippen LogP contribution in [0.15, 0.2) is 48.9 Å². The Labute approximate surface area is 119 Å². The van der Waals surface area contributed by atoms with E-state index in [9.17, 15) is 4.79 Å². The van der Waals surface area contributed by atoms with Gasteiger partial charge in [0.15, 0.2) is 5.82 Å². The molecular formula is C14H9ClN4O.